The van der Waals surface area contributed by atoms with Crippen LogP contribution in [0.3, 0.4) is 0 Å². The summed E-state index contributed by atoms with van der Waals surface area (Å²) in [5.74, 6) is -0.185. The van der Waals surface area contributed by atoms with Gasteiger partial charge in [0.25, 0.3) is 0 Å². The number of halogens is 1. The minimum atomic E-state index is -3.34. The zero-order valence-corrected chi connectivity index (χ0v) is 20.3. The quantitative estimate of drug-likeness (QED) is 0.673. The van der Waals surface area contributed by atoms with E-state index < -0.39 is 28.0 Å². The lowest BCUT2D eigenvalue weighted by Crippen LogP contribution is -2.43. The average molecular weight is 496 g/mol. The molecule has 2 aromatic rings. The fourth-order valence-corrected chi connectivity index (χ4v) is 5.83. The van der Waals surface area contributed by atoms with Crippen molar-refractivity contribution in [2.75, 3.05) is 31.8 Å². The normalized spacial score (nSPS) is 19.3. The lowest BCUT2D eigenvalue weighted by Gasteiger charge is -2.32. The highest BCUT2D eigenvalue weighted by Gasteiger charge is 2.30. The Balaban J connectivity index is 1.64. The first-order valence-corrected chi connectivity index (χ1v) is 13.2. The maximum atomic E-state index is 14.1. The third-order valence-corrected chi connectivity index (χ3v) is 7.96. The second kappa shape index (κ2) is 9.32. The van der Waals surface area contributed by atoms with Crippen LogP contribution in [0.5, 0.6) is 5.75 Å². The van der Waals surface area contributed by atoms with E-state index in [4.69, 9.17) is 9.47 Å². The maximum Gasteiger partial charge on any atom is 0.414 e. The molecule has 8 nitrogen and oxygen atoms in total. The van der Waals surface area contributed by atoms with Crippen LogP contribution in [0.2, 0.25) is 0 Å². The summed E-state index contributed by atoms with van der Waals surface area (Å²) < 4.78 is 50.5. The summed E-state index contributed by atoms with van der Waals surface area (Å²) in [6.07, 6.45) is 1.62. The number of ether oxygens (including phenoxy) is 2. The van der Waals surface area contributed by atoms with Crippen molar-refractivity contribution in [1.82, 2.24) is 9.21 Å². The van der Waals surface area contributed by atoms with Gasteiger partial charge in [-0.2, -0.15) is 4.31 Å². The van der Waals surface area contributed by atoms with Crippen molar-refractivity contribution in [3.05, 3.63) is 51.6 Å². The first kappa shape index (κ1) is 23.5. The van der Waals surface area contributed by atoms with E-state index in [0.29, 0.717) is 43.0 Å². The summed E-state index contributed by atoms with van der Waals surface area (Å²) in [6.45, 7) is 2.88. The number of fused-ring (bicyclic) bond motifs is 1. The van der Waals surface area contributed by atoms with Gasteiger partial charge in [0.1, 0.15) is 17.7 Å². The Morgan fingerprint density at radius 2 is 2.09 bits per heavy atom. The van der Waals surface area contributed by atoms with Crippen LogP contribution in [0.4, 0.5) is 14.9 Å². The minimum Gasteiger partial charge on any atom is -0.487 e. The monoisotopic (exact) mass is 495 g/mol. The minimum absolute atomic E-state index is 0.210. The molecule has 11 heteroatoms. The smallest absolute Gasteiger partial charge is 0.414 e. The van der Waals surface area contributed by atoms with Crippen LogP contribution in [0.25, 0.3) is 5.70 Å². The Kier molecular flexibility index (Phi) is 6.64. The zero-order chi connectivity index (χ0) is 23.8. The van der Waals surface area contributed by atoms with Crippen molar-refractivity contribution >= 4 is 38.8 Å². The van der Waals surface area contributed by atoms with Crippen molar-refractivity contribution in [1.29, 1.82) is 0 Å². The molecule has 1 N–H and O–H groups in total. The number of piperidine rings is 1. The molecule has 1 aromatic heterocycles. The van der Waals surface area contributed by atoms with Gasteiger partial charge < -0.3 is 14.8 Å². The molecule has 2 aliphatic rings. The molecule has 0 saturated carbocycles. The number of hydrogen-bond acceptors (Lipinski definition) is 7. The van der Waals surface area contributed by atoms with E-state index in [2.05, 4.69) is 5.32 Å². The van der Waals surface area contributed by atoms with Crippen molar-refractivity contribution < 1.29 is 27.1 Å². The van der Waals surface area contributed by atoms with Crippen LogP contribution in [0, 0.1) is 5.82 Å². The lowest BCUT2D eigenvalue weighted by atomic mass is 10.1. The van der Waals surface area contributed by atoms with Crippen LogP contribution in [-0.4, -0.2) is 56.3 Å². The molecule has 0 spiro atoms. The predicted molar refractivity (Wildman–Crippen MR) is 125 cm³/mol. The van der Waals surface area contributed by atoms with Gasteiger partial charge >= 0.3 is 6.09 Å². The number of hydrogen-bond donors (Lipinski definition) is 1. The van der Waals surface area contributed by atoms with Gasteiger partial charge in [0.05, 0.1) is 37.8 Å². The van der Waals surface area contributed by atoms with Gasteiger partial charge in [0.15, 0.2) is 0 Å². The number of thiophene rings is 1. The fraction of sp³-hybridized carbons (Fsp3) is 0.409. The molecule has 0 aliphatic carbocycles. The van der Waals surface area contributed by atoms with Crippen LogP contribution < -0.4 is 10.1 Å². The molecule has 1 atom stereocenters. The SMILES string of the molecule is COC(=O)N1Cc2sccc2C(Nc2ccc(F)cc2OC2CCCN(S(C)(=O)=O)C2)=C1C. The van der Waals surface area contributed by atoms with E-state index in [-0.39, 0.29) is 12.3 Å². The van der Waals surface area contributed by atoms with Gasteiger partial charge in [-0.05, 0) is 43.3 Å². The van der Waals surface area contributed by atoms with Crippen LogP contribution >= 0.6 is 11.3 Å². The van der Waals surface area contributed by atoms with Crippen molar-refractivity contribution in [3.8, 4) is 5.75 Å². The van der Waals surface area contributed by atoms with E-state index in [1.807, 2.05) is 18.4 Å². The summed E-state index contributed by atoms with van der Waals surface area (Å²) in [5.41, 5.74) is 2.84. The summed E-state index contributed by atoms with van der Waals surface area (Å²) >= 11 is 1.53. The van der Waals surface area contributed by atoms with Gasteiger partial charge in [-0.3, -0.25) is 4.90 Å². The number of carbonyl (C=O) groups is 1. The first-order valence-electron chi connectivity index (χ1n) is 10.5. The van der Waals surface area contributed by atoms with Gasteiger partial charge in [-0.1, -0.05) is 0 Å². The molecule has 1 fully saturated rings. The highest BCUT2D eigenvalue weighted by atomic mass is 32.2. The second-order valence-electron chi connectivity index (χ2n) is 8.04. The molecule has 3 heterocycles. The molecule has 0 bridgehead atoms. The van der Waals surface area contributed by atoms with Gasteiger partial charge in [0, 0.05) is 28.7 Å². The van der Waals surface area contributed by atoms with E-state index in [1.54, 1.807) is 6.07 Å². The predicted octanol–water partition coefficient (Wildman–Crippen LogP) is 4.07. The third-order valence-electron chi connectivity index (χ3n) is 5.79. The largest absolute Gasteiger partial charge is 0.487 e. The van der Waals surface area contributed by atoms with E-state index >= 15 is 0 Å². The number of anilines is 1. The molecular formula is C22H26FN3O5S2. The highest BCUT2D eigenvalue weighted by molar-refractivity contribution is 7.88. The Labute approximate surface area is 196 Å². The molecule has 33 heavy (non-hydrogen) atoms. The van der Waals surface area contributed by atoms with Crippen molar-refractivity contribution in [2.45, 2.75) is 32.4 Å². The number of sulfonamides is 1. The molecule has 2 aliphatic heterocycles. The third kappa shape index (κ3) is 4.99. The lowest BCUT2D eigenvalue weighted by molar-refractivity contribution is 0.130. The summed E-state index contributed by atoms with van der Waals surface area (Å²) in [5, 5.41) is 5.27. The van der Waals surface area contributed by atoms with Gasteiger partial charge in [-0.15, -0.1) is 11.3 Å². The fourth-order valence-electron chi connectivity index (χ4n) is 4.06. The number of nitrogens with one attached hydrogen (secondary N) is 1. The molecular weight excluding hydrogens is 469 g/mol. The molecule has 1 amide bonds. The molecule has 178 valence electrons. The number of carbonyl (C=O) groups excluding carboxylic acids is 1. The Morgan fingerprint density at radius 3 is 2.82 bits per heavy atom. The first-order chi connectivity index (χ1) is 15.7. The second-order valence-corrected chi connectivity index (χ2v) is 11.0. The Bertz CT molecular complexity index is 1190. The summed E-state index contributed by atoms with van der Waals surface area (Å²) in [7, 11) is -2.00. The van der Waals surface area contributed by atoms with E-state index in [9.17, 15) is 17.6 Å². The summed E-state index contributed by atoms with van der Waals surface area (Å²) in [4.78, 5) is 14.8. The van der Waals surface area contributed by atoms with Crippen molar-refractivity contribution in [2.24, 2.45) is 0 Å². The zero-order valence-electron chi connectivity index (χ0n) is 18.6. The molecule has 1 aromatic carbocycles. The molecule has 1 saturated heterocycles. The van der Waals surface area contributed by atoms with Crippen molar-refractivity contribution in [3.63, 3.8) is 0 Å². The average Bonchev–Trinajstić information content (AvgIpc) is 3.24. The van der Waals surface area contributed by atoms with Gasteiger partial charge in [-0.25, -0.2) is 17.6 Å². The number of methoxy groups -OCH3 is 1. The number of amides is 1. The molecule has 0 radical (unpaired) electrons. The number of allylic oxidation sites excluding steroid dienone is 1. The van der Waals surface area contributed by atoms with E-state index in [1.165, 1.54) is 46.0 Å². The number of nitrogens with zero attached hydrogens (tertiary/aromatic N) is 2. The van der Waals surface area contributed by atoms with Crippen LogP contribution in [0.1, 0.15) is 30.2 Å². The van der Waals surface area contributed by atoms with Gasteiger partial charge in [0.2, 0.25) is 10.0 Å². The standard InChI is InChI=1S/C22H26FN3O5S2/c1-14-21(17-8-10-32-20(17)13-26(14)22(27)30-2)24-18-7-6-15(23)11-19(18)31-16-5-4-9-25(12-16)33(3,28)29/h6-8,10-11,16,24H,4-5,9,12-13H2,1-3H3. The number of rotatable bonds is 5. The Hall–Kier alpha value is -2.63. The Morgan fingerprint density at radius 1 is 1.30 bits per heavy atom. The number of benzene rings is 1. The maximum absolute atomic E-state index is 14.1. The molecule has 4 rings (SSSR count). The van der Waals surface area contributed by atoms with Crippen LogP contribution in [-0.2, 0) is 21.3 Å². The topological polar surface area (TPSA) is 88.2 Å². The van der Waals surface area contributed by atoms with Crippen LogP contribution in [0.15, 0.2) is 35.3 Å². The summed E-state index contributed by atoms with van der Waals surface area (Å²) in [6, 6.07) is 6.15. The molecule has 1 unspecified atom stereocenters. The highest BCUT2D eigenvalue weighted by Crippen LogP contribution is 2.38. The van der Waals surface area contributed by atoms with E-state index in [0.717, 1.165) is 10.4 Å².